The van der Waals surface area contributed by atoms with E-state index in [-0.39, 0.29) is 30.7 Å². The lowest BCUT2D eigenvalue weighted by Gasteiger charge is -2.36. The van der Waals surface area contributed by atoms with Crippen molar-refractivity contribution in [3.8, 4) is 0 Å². The number of amides is 1. The smallest absolute Gasteiger partial charge is 0.252 e. The molecule has 2 N–H and O–H groups in total. The van der Waals surface area contributed by atoms with E-state index in [0.29, 0.717) is 18.5 Å². The van der Waals surface area contributed by atoms with Crippen LogP contribution in [0.5, 0.6) is 0 Å². The van der Waals surface area contributed by atoms with Crippen molar-refractivity contribution < 1.29 is 4.79 Å². The number of carbonyl (C=O) groups excluding carboxylic acids is 1. The lowest BCUT2D eigenvalue weighted by atomic mass is 9.87. The van der Waals surface area contributed by atoms with Crippen molar-refractivity contribution >= 4 is 42.2 Å². The SMILES string of the molecule is CCN(CC)c1ccc(NC(=O)C2(n3cccn3)CCNCC2)cn1.Cl.Cl. The summed E-state index contributed by atoms with van der Waals surface area (Å²) in [5.74, 6) is 0.891. The summed E-state index contributed by atoms with van der Waals surface area (Å²) in [6, 6.07) is 5.72. The minimum Gasteiger partial charge on any atom is -0.357 e. The van der Waals surface area contributed by atoms with Gasteiger partial charge in [-0.1, -0.05) is 0 Å². The molecule has 0 atom stereocenters. The van der Waals surface area contributed by atoms with Crippen LogP contribution in [0.25, 0.3) is 0 Å². The van der Waals surface area contributed by atoms with Crippen LogP contribution in [-0.4, -0.2) is 46.9 Å². The van der Waals surface area contributed by atoms with Crippen LogP contribution in [0.4, 0.5) is 11.5 Å². The molecule has 0 saturated carbocycles. The zero-order valence-corrected chi connectivity index (χ0v) is 17.4. The van der Waals surface area contributed by atoms with E-state index in [9.17, 15) is 4.79 Å². The number of anilines is 2. The Balaban J connectivity index is 0.00000182. The number of nitrogens with zero attached hydrogens (tertiary/aromatic N) is 4. The molecule has 0 radical (unpaired) electrons. The highest BCUT2D eigenvalue weighted by Crippen LogP contribution is 2.28. The van der Waals surface area contributed by atoms with Crippen LogP contribution >= 0.6 is 24.8 Å². The molecule has 0 aromatic carbocycles. The number of aromatic nitrogens is 3. The van der Waals surface area contributed by atoms with Gasteiger partial charge in [-0.15, -0.1) is 24.8 Å². The van der Waals surface area contributed by atoms with Gasteiger partial charge < -0.3 is 15.5 Å². The molecule has 1 aliphatic rings. The van der Waals surface area contributed by atoms with Crippen LogP contribution in [-0.2, 0) is 10.3 Å². The molecular weight excluding hydrogens is 387 g/mol. The standard InChI is InChI=1S/C18H26N6O.2ClH/c1-3-23(4-2)16-7-6-15(14-20-16)22-17(25)18(8-11-19-12-9-18)24-13-5-10-21-24;;/h5-7,10,13-14,19H,3-4,8-9,11-12H2,1-2H3,(H,22,25);2*1H. The Morgan fingerprint density at radius 1 is 1.26 bits per heavy atom. The van der Waals surface area contributed by atoms with Crippen LogP contribution in [0.3, 0.4) is 0 Å². The summed E-state index contributed by atoms with van der Waals surface area (Å²) < 4.78 is 1.79. The number of nitrogens with one attached hydrogen (secondary N) is 2. The van der Waals surface area contributed by atoms with Crippen molar-refractivity contribution in [2.24, 2.45) is 0 Å². The molecular formula is C18H28Cl2N6O. The van der Waals surface area contributed by atoms with Crippen molar-refractivity contribution in [1.82, 2.24) is 20.1 Å². The van der Waals surface area contributed by atoms with Gasteiger partial charge in [-0.2, -0.15) is 5.10 Å². The topological polar surface area (TPSA) is 75.1 Å². The molecule has 150 valence electrons. The Labute approximate surface area is 172 Å². The van der Waals surface area contributed by atoms with Gasteiger partial charge in [0, 0.05) is 25.5 Å². The maximum Gasteiger partial charge on any atom is 0.252 e. The highest BCUT2D eigenvalue weighted by atomic mass is 35.5. The molecule has 0 bridgehead atoms. The third-order valence-corrected chi connectivity index (χ3v) is 4.89. The van der Waals surface area contributed by atoms with Gasteiger partial charge in [0.05, 0.1) is 11.9 Å². The lowest BCUT2D eigenvalue weighted by molar-refractivity contribution is -0.126. The lowest BCUT2D eigenvalue weighted by Crippen LogP contribution is -2.52. The van der Waals surface area contributed by atoms with Gasteiger partial charge >= 0.3 is 0 Å². The maximum atomic E-state index is 13.1. The molecule has 0 spiro atoms. The molecule has 9 heteroatoms. The van der Waals surface area contributed by atoms with Gasteiger partial charge in [0.1, 0.15) is 11.4 Å². The summed E-state index contributed by atoms with van der Waals surface area (Å²) >= 11 is 0. The van der Waals surface area contributed by atoms with Crippen molar-refractivity contribution in [2.75, 3.05) is 36.4 Å². The van der Waals surface area contributed by atoms with E-state index in [1.807, 2.05) is 24.4 Å². The Morgan fingerprint density at radius 2 is 1.96 bits per heavy atom. The minimum atomic E-state index is -0.647. The summed E-state index contributed by atoms with van der Waals surface area (Å²) in [6.07, 6.45) is 6.74. The van der Waals surface area contributed by atoms with Crippen molar-refractivity contribution in [2.45, 2.75) is 32.2 Å². The van der Waals surface area contributed by atoms with Gasteiger partial charge in [0.25, 0.3) is 5.91 Å². The molecule has 27 heavy (non-hydrogen) atoms. The molecule has 2 aromatic rings. The monoisotopic (exact) mass is 414 g/mol. The van der Waals surface area contributed by atoms with Gasteiger partial charge in [-0.25, -0.2) is 4.98 Å². The van der Waals surface area contributed by atoms with Crippen molar-refractivity contribution in [3.05, 3.63) is 36.8 Å². The predicted octanol–water partition coefficient (Wildman–Crippen LogP) is 2.69. The molecule has 2 aromatic heterocycles. The van der Waals surface area contributed by atoms with Crippen LogP contribution in [0.15, 0.2) is 36.8 Å². The zero-order chi connectivity index (χ0) is 17.7. The second-order valence-corrected chi connectivity index (χ2v) is 6.26. The van der Waals surface area contributed by atoms with Gasteiger partial charge in [-0.3, -0.25) is 9.48 Å². The summed E-state index contributed by atoms with van der Waals surface area (Å²) in [5.41, 5.74) is 0.0673. The Kier molecular flexibility index (Phi) is 9.02. The van der Waals surface area contributed by atoms with Crippen molar-refractivity contribution in [1.29, 1.82) is 0 Å². The second kappa shape index (κ2) is 10.5. The summed E-state index contributed by atoms with van der Waals surface area (Å²) in [4.78, 5) is 19.7. The zero-order valence-electron chi connectivity index (χ0n) is 15.7. The average Bonchev–Trinajstić information content (AvgIpc) is 3.20. The third kappa shape index (κ3) is 4.91. The van der Waals surface area contributed by atoms with Crippen molar-refractivity contribution in [3.63, 3.8) is 0 Å². The predicted molar refractivity (Wildman–Crippen MR) is 113 cm³/mol. The molecule has 7 nitrogen and oxygen atoms in total. The van der Waals surface area contributed by atoms with E-state index >= 15 is 0 Å². The molecule has 1 aliphatic heterocycles. The Morgan fingerprint density at radius 3 is 2.48 bits per heavy atom. The van der Waals surface area contributed by atoms with Crippen LogP contribution < -0.4 is 15.5 Å². The first-order chi connectivity index (χ1) is 12.2. The fourth-order valence-electron chi connectivity index (χ4n) is 3.36. The van der Waals surface area contributed by atoms with E-state index in [1.165, 1.54) is 0 Å². The molecule has 1 fully saturated rings. The van der Waals surface area contributed by atoms with Gasteiger partial charge in [0.15, 0.2) is 0 Å². The maximum absolute atomic E-state index is 13.1. The number of halogens is 2. The molecule has 1 amide bonds. The molecule has 3 rings (SSSR count). The number of pyridine rings is 1. The first-order valence-corrected chi connectivity index (χ1v) is 8.93. The molecule has 3 heterocycles. The third-order valence-electron chi connectivity index (χ3n) is 4.89. The average molecular weight is 415 g/mol. The van der Waals surface area contributed by atoms with Crippen LogP contribution in [0.1, 0.15) is 26.7 Å². The van der Waals surface area contributed by atoms with E-state index in [4.69, 9.17) is 0 Å². The highest BCUT2D eigenvalue weighted by Gasteiger charge is 2.42. The summed E-state index contributed by atoms with van der Waals surface area (Å²) in [5, 5.41) is 10.7. The van der Waals surface area contributed by atoms with Gasteiger partial charge in [-0.05, 0) is 58.0 Å². The Hall–Kier alpha value is -1.83. The molecule has 0 aliphatic carbocycles. The van der Waals surface area contributed by atoms with Gasteiger partial charge in [0.2, 0.25) is 0 Å². The quantitative estimate of drug-likeness (QED) is 0.759. The van der Waals surface area contributed by atoms with E-state index in [1.54, 1.807) is 17.1 Å². The van der Waals surface area contributed by atoms with E-state index in [2.05, 4.69) is 39.5 Å². The first-order valence-electron chi connectivity index (χ1n) is 8.93. The van der Waals surface area contributed by atoms with E-state index < -0.39 is 5.54 Å². The minimum absolute atomic E-state index is 0. The van der Waals surface area contributed by atoms with E-state index in [0.717, 1.165) is 32.0 Å². The highest BCUT2D eigenvalue weighted by molar-refractivity contribution is 5.96. The number of piperidine rings is 1. The number of rotatable bonds is 6. The molecule has 0 unspecified atom stereocenters. The second-order valence-electron chi connectivity index (χ2n) is 6.26. The van der Waals surface area contributed by atoms with Crippen LogP contribution in [0, 0.1) is 0 Å². The Bertz CT molecular complexity index is 682. The van der Waals surface area contributed by atoms with Crippen LogP contribution in [0.2, 0.25) is 0 Å². The summed E-state index contributed by atoms with van der Waals surface area (Å²) in [7, 11) is 0. The number of hydrogen-bond acceptors (Lipinski definition) is 5. The fourth-order valence-corrected chi connectivity index (χ4v) is 3.36. The first kappa shape index (κ1) is 23.2. The number of carbonyl (C=O) groups is 1. The summed E-state index contributed by atoms with van der Waals surface area (Å²) in [6.45, 7) is 7.62. The molecule has 1 saturated heterocycles. The number of hydrogen-bond donors (Lipinski definition) is 2. The largest absolute Gasteiger partial charge is 0.357 e. The normalized spacial score (nSPS) is 15.2. The fraction of sp³-hybridized carbons (Fsp3) is 0.500.